The third kappa shape index (κ3) is 10.8. The lowest BCUT2D eigenvalue weighted by atomic mass is 10.1. The van der Waals surface area contributed by atoms with E-state index in [4.69, 9.17) is 0 Å². The molecule has 2 heterocycles. The first-order valence-corrected chi connectivity index (χ1v) is 17.8. The van der Waals surface area contributed by atoms with Gasteiger partial charge in [0.15, 0.2) is 0 Å². The molecule has 0 saturated carbocycles. The van der Waals surface area contributed by atoms with Crippen molar-refractivity contribution in [3.05, 3.63) is 150 Å². The monoisotopic (exact) mass is 732 g/mol. The highest BCUT2D eigenvalue weighted by Gasteiger charge is 2.12. The van der Waals surface area contributed by atoms with E-state index in [9.17, 15) is 10.2 Å². The first-order chi connectivity index (χ1) is 27.0. The maximum atomic E-state index is 9.63. The Morgan fingerprint density at radius 2 is 0.782 bits per heavy atom. The molecular formula is C41H40N12O2. The van der Waals surface area contributed by atoms with Crippen LogP contribution >= 0.6 is 0 Å². The maximum absolute atomic E-state index is 9.63. The Balaban J connectivity index is 1.07. The molecule has 276 valence electrons. The van der Waals surface area contributed by atoms with Crippen LogP contribution in [0.4, 0.5) is 52.8 Å². The lowest BCUT2D eigenvalue weighted by Gasteiger charge is -2.15. The van der Waals surface area contributed by atoms with Crippen molar-refractivity contribution in [1.82, 2.24) is 29.9 Å². The molecule has 55 heavy (non-hydrogen) atoms. The lowest BCUT2D eigenvalue weighted by Crippen LogP contribution is -2.14. The Labute approximate surface area is 318 Å². The number of aromatic nitrogens is 6. The van der Waals surface area contributed by atoms with E-state index in [0.717, 1.165) is 33.8 Å². The number of rotatable bonds is 17. The largest absolute Gasteiger partial charge is 0.508 e. The minimum absolute atomic E-state index is 0.232. The molecule has 0 bridgehead atoms. The number of nitrogens with zero attached hydrogens (tertiary/aromatic N) is 6. The Morgan fingerprint density at radius 3 is 1.29 bits per heavy atom. The summed E-state index contributed by atoms with van der Waals surface area (Å²) in [5.41, 5.74) is 5.53. The molecule has 0 aliphatic rings. The minimum atomic E-state index is 0.232. The van der Waals surface area contributed by atoms with Crippen LogP contribution in [-0.4, -0.2) is 53.2 Å². The fourth-order valence-corrected chi connectivity index (χ4v) is 5.51. The van der Waals surface area contributed by atoms with Crippen molar-refractivity contribution in [2.24, 2.45) is 0 Å². The molecule has 0 radical (unpaired) electrons. The molecule has 0 fully saturated rings. The zero-order valence-electron chi connectivity index (χ0n) is 29.8. The molecule has 0 amide bonds. The first kappa shape index (κ1) is 35.9. The van der Waals surface area contributed by atoms with E-state index in [2.05, 4.69) is 61.8 Å². The summed E-state index contributed by atoms with van der Waals surface area (Å²) < 4.78 is 0. The van der Waals surface area contributed by atoms with Gasteiger partial charge in [-0.25, -0.2) is 0 Å². The molecule has 0 aliphatic carbocycles. The van der Waals surface area contributed by atoms with E-state index in [0.29, 0.717) is 68.2 Å². The van der Waals surface area contributed by atoms with Gasteiger partial charge in [-0.2, -0.15) is 29.9 Å². The van der Waals surface area contributed by atoms with E-state index in [1.54, 1.807) is 24.3 Å². The van der Waals surface area contributed by atoms with Gasteiger partial charge in [0, 0.05) is 36.7 Å². The number of para-hydroxylation sites is 3. The zero-order chi connectivity index (χ0) is 37.7. The Bertz CT molecular complexity index is 2280. The van der Waals surface area contributed by atoms with Gasteiger partial charge in [0.25, 0.3) is 0 Å². The Morgan fingerprint density at radius 1 is 0.382 bits per heavy atom. The van der Waals surface area contributed by atoms with Crippen LogP contribution in [0.25, 0.3) is 0 Å². The smallest absolute Gasteiger partial charge is 0.233 e. The molecule has 14 heteroatoms. The van der Waals surface area contributed by atoms with Crippen molar-refractivity contribution in [3.63, 3.8) is 0 Å². The summed E-state index contributed by atoms with van der Waals surface area (Å²) in [6.07, 6.45) is 1.42. The summed E-state index contributed by atoms with van der Waals surface area (Å²) >= 11 is 0. The number of phenols is 2. The fourth-order valence-electron chi connectivity index (χ4n) is 5.51. The van der Waals surface area contributed by atoms with Crippen LogP contribution in [0, 0.1) is 0 Å². The molecular weight excluding hydrogens is 693 g/mol. The summed E-state index contributed by atoms with van der Waals surface area (Å²) in [7, 11) is 0. The summed E-state index contributed by atoms with van der Waals surface area (Å²) in [6, 6.07) is 41.5. The highest BCUT2D eigenvalue weighted by Crippen LogP contribution is 2.23. The third-order valence-electron chi connectivity index (χ3n) is 8.30. The molecule has 0 aliphatic heterocycles. The van der Waals surface area contributed by atoms with Crippen LogP contribution in [0.3, 0.4) is 0 Å². The molecule has 0 unspecified atom stereocenters. The topological polar surface area (TPSA) is 190 Å². The molecule has 7 rings (SSSR count). The molecule has 14 nitrogen and oxygen atoms in total. The van der Waals surface area contributed by atoms with Gasteiger partial charge in [-0.05, 0) is 84.1 Å². The molecule has 2 aromatic heterocycles. The highest BCUT2D eigenvalue weighted by molar-refractivity contribution is 5.62. The van der Waals surface area contributed by atoms with Gasteiger partial charge < -0.3 is 42.1 Å². The van der Waals surface area contributed by atoms with Gasteiger partial charge in [0.05, 0.1) is 0 Å². The van der Waals surface area contributed by atoms with Crippen molar-refractivity contribution in [2.45, 2.75) is 19.4 Å². The summed E-state index contributed by atoms with van der Waals surface area (Å²) in [4.78, 5) is 27.9. The quantitative estimate of drug-likeness (QED) is 0.0456. The molecule has 5 aromatic carbocycles. The van der Waals surface area contributed by atoms with Crippen LogP contribution in [0.5, 0.6) is 11.5 Å². The van der Waals surface area contributed by atoms with Crippen molar-refractivity contribution in [2.75, 3.05) is 45.0 Å². The zero-order valence-corrected chi connectivity index (χ0v) is 29.8. The SMILES string of the molecule is Oc1ccc(CCNc2nc(NCc3ccccc3Nc3nc(NCCc4ccc(O)cc4)nc(Nc4ccccc4)n3)nc(Nc3ccccc3)n2)cc1. The number of hydrogen-bond donors (Lipinski definition) is 8. The average Bonchev–Trinajstić information content (AvgIpc) is 3.20. The van der Waals surface area contributed by atoms with E-state index < -0.39 is 0 Å². The number of phenolic OH excluding ortho intramolecular Hbond substituents is 2. The average molecular weight is 733 g/mol. The number of benzene rings is 5. The maximum Gasteiger partial charge on any atom is 0.233 e. The minimum Gasteiger partial charge on any atom is -0.508 e. The Kier molecular flexibility index (Phi) is 11.6. The van der Waals surface area contributed by atoms with Gasteiger partial charge in [0.2, 0.25) is 35.7 Å². The standard InChI is InChI=1S/C41H40N12O2/c54-33-19-15-28(16-20-33)23-25-42-36-48-38(52-39(49-36)45-31-10-3-1-4-11-31)44-27-30-9-7-8-14-35(30)47-41-51-37(43-26-24-29-17-21-34(55)22-18-29)50-40(53-41)46-32-12-5-2-6-13-32/h1-22,54-55H,23-27H2,(H3,42,44,45,48,49,52)(H3,43,46,47,50,51,53). The normalized spacial score (nSPS) is 10.7. The van der Waals surface area contributed by atoms with E-state index in [-0.39, 0.29) is 11.5 Å². The number of nitrogens with one attached hydrogen (secondary N) is 6. The second-order valence-corrected chi connectivity index (χ2v) is 12.4. The molecule has 7 aromatic rings. The predicted octanol–water partition coefficient (Wildman–Crippen LogP) is 7.62. The van der Waals surface area contributed by atoms with Gasteiger partial charge in [-0.15, -0.1) is 0 Å². The molecule has 0 atom stereocenters. The van der Waals surface area contributed by atoms with Crippen LogP contribution in [-0.2, 0) is 19.4 Å². The van der Waals surface area contributed by atoms with Crippen molar-refractivity contribution >= 4 is 52.8 Å². The second kappa shape index (κ2) is 17.8. The number of anilines is 9. The number of aromatic hydroxyl groups is 2. The van der Waals surface area contributed by atoms with Gasteiger partial charge in [-0.3, -0.25) is 0 Å². The third-order valence-corrected chi connectivity index (χ3v) is 8.30. The highest BCUT2D eigenvalue weighted by atomic mass is 16.3. The Hall–Kier alpha value is -7.48. The van der Waals surface area contributed by atoms with Crippen molar-refractivity contribution in [3.8, 4) is 11.5 Å². The van der Waals surface area contributed by atoms with Crippen LogP contribution in [0.2, 0.25) is 0 Å². The van der Waals surface area contributed by atoms with Crippen LogP contribution in [0.1, 0.15) is 16.7 Å². The van der Waals surface area contributed by atoms with Gasteiger partial charge in [-0.1, -0.05) is 78.9 Å². The predicted molar refractivity (Wildman–Crippen MR) is 217 cm³/mol. The van der Waals surface area contributed by atoms with E-state index in [1.807, 2.05) is 109 Å². The second-order valence-electron chi connectivity index (χ2n) is 12.4. The van der Waals surface area contributed by atoms with E-state index >= 15 is 0 Å². The lowest BCUT2D eigenvalue weighted by molar-refractivity contribution is 0.474. The van der Waals surface area contributed by atoms with Crippen molar-refractivity contribution < 1.29 is 10.2 Å². The summed E-state index contributed by atoms with van der Waals surface area (Å²) in [6.45, 7) is 1.52. The fraction of sp³-hybridized carbons (Fsp3) is 0.122. The van der Waals surface area contributed by atoms with E-state index in [1.165, 1.54) is 0 Å². The molecule has 8 N–H and O–H groups in total. The molecule has 0 saturated heterocycles. The first-order valence-electron chi connectivity index (χ1n) is 17.8. The van der Waals surface area contributed by atoms with Gasteiger partial charge in [0.1, 0.15) is 11.5 Å². The number of hydrogen-bond acceptors (Lipinski definition) is 14. The van der Waals surface area contributed by atoms with Crippen molar-refractivity contribution in [1.29, 1.82) is 0 Å². The van der Waals surface area contributed by atoms with Crippen LogP contribution in [0.15, 0.2) is 133 Å². The van der Waals surface area contributed by atoms with Crippen LogP contribution < -0.4 is 31.9 Å². The molecule has 0 spiro atoms. The summed E-state index contributed by atoms with van der Waals surface area (Å²) in [5, 5.41) is 39.2. The summed E-state index contributed by atoms with van der Waals surface area (Å²) in [5.74, 6) is 2.77. The van der Waals surface area contributed by atoms with Gasteiger partial charge >= 0.3 is 0 Å².